The first-order valence-electron chi connectivity index (χ1n) is 13.5. The summed E-state index contributed by atoms with van der Waals surface area (Å²) < 4.78 is 1.16. The Labute approximate surface area is 227 Å². The van der Waals surface area contributed by atoms with Crippen molar-refractivity contribution >= 4 is 55.4 Å². The summed E-state index contributed by atoms with van der Waals surface area (Å²) in [6.07, 6.45) is 5.47. The van der Waals surface area contributed by atoms with Gasteiger partial charge in [-0.05, 0) is 56.2 Å². The lowest BCUT2D eigenvalue weighted by atomic mass is 10.0. The van der Waals surface area contributed by atoms with Crippen molar-refractivity contribution in [3.8, 4) is 0 Å². The Kier molecular flexibility index (Phi) is 7.14. The molecular weight excluding hydrogens is 494 g/mol. The minimum atomic E-state index is 0.259. The van der Waals surface area contributed by atoms with Gasteiger partial charge in [0.25, 0.3) is 0 Å². The number of hydrogen-bond acceptors (Lipinski definition) is 7. The molecule has 2 aliphatic heterocycles. The Bertz CT molecular complexity index is 1460. The van der Waals surface area contributed by atoms with Gasteiger partial charge in [-0.1, -0.05) is 6.08 Å². The molecule has 3 aromatic heterocycles. The molecule has 9 heteroatoms. The third-order valence-corrected chi connectivity index (χ3v) is 8.62. The number of rotatable bonds is 7. The van der Waals surface area contributed by atoms with Crippen LogP contribution in [0.5, 0.6) is 0 Å². The normalized spacial score (nSPS) is 17.4. The first-order valence-corrected chi connectivity index (χ1v) is 14.4. The number of aromatic nitrogens is 3. The van der Waals surface area contributed by atoms with E-state index in [1.165, 1.54) is 5.57 Å². The van der Waals surface area contributed by atoms with E-state index in [0.29, 0.717) is 19.0 Å². The average molecular weight is 530 g/mol. The Balaban J connectivity index is 1.08. The smallest absolute Gasteiger partial charge is 0.224 e. The second-order valence-corrected chi connectivity index (χ2v) is 11.4. The Morgan fingerprint density at radius 1 is 1.11 bits per heavy atom. The highest BCUT2D eigenvalue weighted by molar-refractivity contribution is 7.16. The summed E-state index contributed by atoms with van der Waals surface area (Å²) in [5.41, 5.74) is 8.13. The maximum absolute atomic E-state index is 12.9. The van der Waals surface area contributed by atoms with Gasteiger partial charge in [0, 0.05) is 81.2 Å². The molecule has 1 saturated heterocycles. The molecule has 1 amide bonds. The largest absolute Gasteiger partial charge is 0.355 e. The van der Waals surface area contributed by atoms with E-state index in [-0.39, 0.29) is 5.91 Å². The van der Waals surface area contributed by atoms with Crippen LogP contribution >= 0.6 is 11.3 Å². The number of fused-ring (bicyclic) bond motifs is 2. The zero-order valence-corrected chi connectivity index (χ0v) is 22.9. The van der Waals surface area contributed by atoms with Crippen molar-refractivity contribution < 1.29 is 4.79 Å². The number of carbonyl (C=O) groups is 1. The Hall–Kier alpha value is -3.27. The topological polar surface area (TPSA) is 80.4 Å². The number of nitrogens with zero attached hydrogens (tertiary/aromatic N) is 5. The highest BCUT2D eigenvalue weighted by Crippen LogP contribution is 2.31. The summed E-state index contributed by atoms with van der Waals surface area (Å²) in [5, 5.41) is 4.61. The molecule has 0 radical (unpaired) electrons. The number of thiazole rings is 1. The molecule has 38 heavy (non-hydrogen) atoms. The molecule has 4 aromatic rings. The van der Waals surface area contributed by atoms with Gasteiger partial charge in [-0.2, -0.15) is 0 Å². The van der Waals surface area contributed by atoms with Crippen LogP contribution in [-0.2, 0) is 4.79 Å². The van der Waals surface area contributed by atoms with E-state index < -0.39 is 0 Å². The number of benzene rings is 1. The molecule has 198 valence electrons. The fourth-order valence-electron chi connectivity index (χ4n) is 5.45. The zero-order valence-electron chi connectivity index (χ0n) is 22.1. The van der Waals surface area contributed by atoms with Gasteiger partial charge in [-0.15, -0.1) is 11.3 Å². The maximum atomic E-state index is 12.9. The summed E-state index contributed by atoms with van der Waals surface area (Å²) in [5.74, 6) is 0.259. The van der Waals surface area contributed by atoms with Crippen LogP contribution in [0.4, 0.5) is 11.4 Å². The lowest BCUT2D eigenvalue weighted by molar-refractivity contribution is -0.131. The van der Waals surface area contributed by atoms with Crippen LogP contribution in [0.1, 0.15) is 32.4 Å². The van der Waals surface area contributed by atoms with Gasteiger partial charge in [-0.25, -0.2) is 9.97 Å². The molecule has 0 spiro atoms. The van der Waals surface area contributed by atoms with Crippen LogP contribution in [-0.4, -0.2) is 87.4 Å². The molecule has 0 atom stereocenters. The van der Waals surface area contributed by atoms with Crippen molar-refractivity contribution in [2.24, 2.45) is 0 Å². The molecule has 2 N–H and O–H groups in total. The van der Waals surface area contributed by atoms with Gasteiger partial charge in [0.15, 0.2) is 0 Å². The van der Waals surface area contributed by atoms with Crippen molar-refractivity contribution in [3.63, 3.8) is 0 Å². The van der Waals surface area contributed by atoms with Crippen LogP contribution in [0, 0.1) is 0 Å². The molecule has 0 bridgehead atoms. The second-order valence-electron chi connectivity index (χ2n) is 10.5. The van der Waals surface area contributed by atoms with Gasteiger partial charge in [0.1, 0.15) is 5.65 Å². The fourth-order valence-corrected chi connectivity index (χ4v) is 6.17. The third-order valence-electron chi connectivity index (χ3n) is 7.83. The van der Waals surface area contributed by atoms with Crippen molar-refractivity contribution in [2.75, 3.05) is 51.1 Å². The number of aromatic amines is 1. The van der Waals surface area contributed by atoms with Crippen LogP contribution in [0.3, 0.4) is 0 Å². The standard InChI is InChI=1S/C29H35N7OS/c1-20(2)35-15-13-34(14-16-35)10-8-28(37)36-11-6-21(7-12-36)26-18-23-24(5-9-30-29(23)33-26)32-22-3-4-25-27(17-22)38-19-31-25/h3-6,9,17-20H,7-8,10-16H2,1-2H3,(H2,30,32,33). The highest BCUT2D eigenvalue weighted by atomic mass is 32.1. The predicted molar refractivity (Wildman–Crippen MR) is 156 cm³/mol. The van der Waals surface area contributed by atoms with Crippen molar-refractivity contribution in [1.82, 2.24) is 29.7 Å². The number of hydrogen-bond donors (Lipinski definition) is 2. The second kappa shape index (κ2) is 10.8. The molecule has 8 nitrogen and oxygen atoms in total. The predicted octanol–water partition coefficient (Wildman–Crippen LogP) is 4.95. The number of nitrogens with one attached hydrogen (secondary N) is 2. The lowest BCUT2D eigenvalue weighted by Gasteiger charge is -2.37. The Morgan fingerprint density at radius 3 is 2.76 bits per heavy atom. The van der Waals surface area contributed by atoms with Gasteiger partial charge in [0.05, 0.1) is 21.4 Å². The Morgan fingerprint density at radius 2 is 1.97 bits per heavy atom. The lowest BCUT2D eigenvalue weighted by Crippen LogP contribution is -2.49. The highest BCUT2D eigenvalue weighted by Gasteiger charge is 2.22. The SMILES string of the molecule is CC(C)N1CCN(CCC(=O)N2CC=C(c3cc4c(Nc5ccc6ncsc6c5)ccnc4[nH]3)CC2)CC1. The zero-order chi connectivity index (χ0) is 26.1. The van der Waals surface area contributed by atoms with Gasteiger partial charge in [0.2, 0.25) is 5.91 Å². The van der Waals surface area contributed by atoms with E-state index in [1.54, 1.807) is 11.3 Å². The number of anilines is 2. The fraction of sp³-hybridized carbons (Fsp3) is 0.414. The number of piperazine rings is 1. The number of pyridine rings is 1. The molecule has 5 heterocycles. The minimum Gasteiger partial charge on any atom is -0.355 e. The molecular formula is C29H35N7OS. The van der Waals surface area contributed by atoms with Gasteiger partial charge in [-0.3, -0.25) is 9.69 Å². The molecule has 1 aromatic carbocycles. The van der Waals surface area contributed by atoms with Crippen LogP contribution in [0.15, 0.2) is 48.1 Å². The first-order chi connectivity index (χ1) is 18.5. The molecule has 0 unspecified atom stereocenters. The number of amides is 1. The third kappa shape index (κ3) is 5.32. The molecule has 6 rings (SSSR count). The van der Waals surface area contributed by atoms with Gasteiger partial charge >= 0.3 is 0 Å². The summed E-state index contributed by atoms with van der Waals surface area (Å²) in [7, 11) is 0. The van der Waals surface area contributed by atoms with E-state index in [9.17, 15) is 4.79 Å². The molecule has 0 saturated carbocycles. The van der Waals surface area contributed by atoms with Crippen molar-refractivity contribution in [2.45, 2.75) is 32.7 Å². The quantitative estimate of drug-likeness (QED) is 0.353. The van der Waals surface area contributed by atoms with E-state index >= 15 is 0 Å². The van der Waals surface area contributed by atoms with Crippen LogP contribution in [0.25, 0.3) is 26.8 Å². The van der Waals surface area contributed by atoms with E-state index in [1.807, 2.05) is 28.7 Å². The summed E-state index contributed by atoms with van der Waals surface area (Å²) >= 11 is 1.64. The monoisotopic (exact) mass is 529 g/mol. The van der Waals surface area contributed by atoms with Crippen LogP contribution in [0.2, 0.25) is 0 Å². The summed E-state index contributed by atoms with van der Waals surface area (Å²) in [6, 6.07) is 11.0. The van der Waals surface area contributed by atoms with Crippen molar-refractivity contribution in [3.05, 3.63) is 53.8 Å². The van der Waals surface area contributed by atoms with Gasteiger partial charge < -0.3 is 20.1 Å². The minimum absolute atomic E-state index is 0.259. The average Bonchev–Trinajstić information content (AvgIpc) is 3.59. The first kappa shape index (κ1) is 25.0. The molecule has 0 aliphatic carbocycles. The summed E-state index contributed by atoms with van der Waals surface area (Å²) in [4.78, 5) is 32.3. The van der Waals surface area contributed by atoms with E-state index in [4.69, 9.17) is 0 Å². The van der Waals surface area contributed by atoms with E-state index in [2.05, 4.69) is 68.2 Å². The molecule has 1 fully saturated rings. The van der Waals surface area contributed by atoms with Crippen LogP contribution < -0.4 is 5.32 Å². The molecule has 2 aliphatic rings. The van der Waals surface area contributed by atoms with E-state index in [0.717, 1.165) is 84.0 Å². The number of H-pyrrole nitrogens is 1. The van der Waals surface area contributed by atoms with Crippen molar-refractivity contribution in [1.29, 1.82) is 0 Å². The summed E-state index contributed by atoms with van der Waals surface area (Å²) in [6.45, 7) is 11.1. The number of carbonyl (C=O) groups excluding carboxylic acids is 1. The maximum Gasteiger partial charge on any atom is 0.224 e.